The monoisotopic (exact) mass is 358 g/mol. The maximum atomic E-state index is 13.5. The largest absolute Gasteiger partial charge is 0.496 e. The summed E-state index contributed by atoms with van der Waals surface area (Å²) in [5.41, 5.74) is 1.54. The van der Waals surface area contributed by atoms with Crippen molar-refractivity contribution in [1.82, 2.24) is 0 Å². The molecule has 1 unspecified atom stereocenters. The highest BCUT2D eigenvalue weighted by Crippen LogP contribution is 2.41. The molecule has 0 saturated heterocycles. The van der Waals surface area contributed by atoms with E-state index < -0.39 is 0 Å². The topological polar surface area (TPSA) is 18.5 Å². The van der Waals surface area contributed by atoms with Gasteiger partial charge in [-0.1, -0.05) is 33.6 Å². The molecule has 0 heterocycles. The Labute approximate surface area is 130 Å². The average Bonchev–Trinajstić information content (AvgIpc) is 2.46. The predicted octanol–water partition coefficient (Wildman–Crippen LogP) is 4.98. The van der Waals surface area contributed by atoms with Crippen molar-refractivity contribution in [3.8, 4) is 11.5 Å². The summed E-state index contributed by atoms with van der Waals surface area (Å²) >= 11 is 9.52. The van der Waals surface area contributed by atoms with Crippen LogP contribution in [0.25, 0.3) is 0 Å². The SMILES string of the molecule is COc1cc(Cl)ccc1C(Br)c1cc(F)ccc1OC. The third kappa shape index (κ3) is 3.07. The highest BCUT2D eigenvalue weighted by Gasteiger charge is 2.20. The van der Waals surface area contributed by atoms with Crippen LogP contribution in [0.3, 0.4) is 0 Å². The molecule has 0 saturated carbocycles. The summed E-state index contributed by atoms with van der Waals surface area (Å²) in [6.07, 6.45) is 0. The Kier molecular flexibility index (Phi) is 4.89. The van der Waals surface area contributed by atoms with E-state index in [1.165, 1.54) is 12.1 Å². The van der Waals surface area contributed by atoms with Gasteiger partial charge in [0.1, 0.15) is 17.3 Å². The summed E-state index contributed by atoms with van der Waals surface area (Å²) in [6.45, 7) is 0. The molecule has 2 aromatic carbocycles. The molecule has 2 aromatic rings. The molecule has 0 radical (unpaired) electrons. The van der Waals surface area contributed by atoms with Gasteiger partial charge in [0.15, 0.2) is 0 Å². The number of ether oxygens (including phenoxy) is 2. The molecule has 106 valence electrons. The van der Waals surface area contributed by atoms with E-state index in [4.69, 9.17) is 21.1 Å². The van der Waals surface area contributed by atoms with Crippen molar-refractivity contribution in [2.24, 2.45) is 0 Å². The highest BCUT2D eigenvalue weighted by molar-refractivity contribution is 9.09. The summed E-state index contributed by atoms with van der Waals surface area (Å²) < 4.78 is 24.1. The van der Waals surface area contributed by atoms with Crippen molar-refractivity contribution >= 4 is 27.5 Å². The minimum atomic E-state index is -0.321. The third-order valence-corrected chi connectivity index (χ3v) is 4.15. The zero-order valence-electron chi connectivity index (χ0n) is 11.0. The van der Waals surface area contributed by atoms with E-state index >= 15 is 0 Å². The van der Waals surface area contributed by atoms with E-state index in [1.54, 1.807) is 32.4 Å². The molecule has 20 heavy (non-hydrogen) atoms. The van der Waals surface area contributed by atoms with Crippen molar-refractivity contribution in [1.29, 1.82) is 0 Å². The zero-order chi connectivity index (χ0) is 14.7. The van der Waals surface area contributed by atoms with E-state index in [9.17, 15) is 4.39 Å². The van der Waals surface area contributed by atoms with Crippen LogP contribution in [0.4, 0.5) is 4.39 Å². The summed E-state index contributed by atoms with van der Waals surface area (Å²) in [5, 5.41) is 0.580. The van der Waals surface area contributed by atoms with Crippen LogP contribution in [0.2, 0.25) is 5.02 Å². The van der Waals surface area contributed by atoms with Gasteiger partial charge >= 0.3 is 0 Å². The van der Waals surface area contributed by atoms with Crippen molar-refractivity contribution in [2.45, 2.75) is 4.83 Å². The van der Waals surface area contributed by atoms with Crippen LogP contribution >= 0.6 is 27.5 Å². The van der Waals surface area contributed by atoms with Gasteiger partial charge in [-0.2, -0.15) is 0 Å². The van der Waals surface area contributed by atoms with Crippen LogP contribution in [0.5, 0.6) is 11.5 Å². The lowest BCUT2D eigenvalue weighted by atomic mass is 10.0. The Morgan fingerprint density at radius 1 is 1.00 bits per heavy atom. The molecular weight excluding hydrogens is 347 g/mol. The number of hydrogen-bond donors (Lipinski definition) is 0. The Balaban J connectivity index is 2.51. The fourth-order valence-corrected chi connectivity index (χ4v) is 2.86. The van der Waals surface area contributed by atoms with Crippen LogP contribution < -0.4 is 9.47 Å². The molecule has 2 rings (SSSR count). The molecule has 0 aliphatic rings. The van der Waals surface area contributed by atoms with Crippen LogP contribution in [-0.4, -0.2) is 14.2 Å². The first kappa shape index (κ1) is 15.1. The van der Waals surface area contributed by atoms with Crippen LogP contribution in [0.1, 0.15) is 16.0 Å². The minimum absolute atomic E-state index is 0.264. The summed E-state index contributed by atoms with van der Waals surface area (Å²) in [7, 11) is 3.12. The molecule has 0 bridgehead atoms. The first-order valence-corrected chi connectivity index (χ1v) is 7.17. The maximum Gasteiger partial charge on any atom is 0.125 e. The fraction of sp³-hybridized carbons (Fsp3) is 0.200. The lowest BCUT2D eigenvalue weighted by Gasteiger charge is -2.17. The second kappa shape index (κ2) is 6.46. The Hall–Kier alpha value is -1.26. The normalized spacial score (nSPS) is 12.1. The molecule has 1 atom stereocenters. The molecule has 0 fully saturated rings. The maximum absolute atomic E-state index is 13.5. The Bertz CT molecular complexity index is 619. The molecule has 0 aliphatic heterocycles. The smallest absolute Gasteiger partial charge is 0.125 e. The molecule has 0 N–H and O–H groups in total. The van der Waals surface area contributed by atoms with E-state index in [2.05, 4.69) is 15.9 Å². The van der Waals surface area contributed by atoms with E-state index in [1.807, 2.05) is 6.07 Å². The summed E-state index contributed by atoms with van der Waals surface area (Å²) in [6, 6.07) is 9.72. The molecule has 5 heteroatoms. The minimum Gasteiger partial charge on any atom is -0.496 e. The molecule has 0 aliphatic carbocycles. The van der Waals surface area contributed by atoms with Crippen LogP contribution in [-0.2, 0) is 0 Å². The Morgan fingerprint density at radius 3 is 2.35 bits per heavy atom. The van der Waals surface area contributed by atoms with Gasteiger partial charge < -0.3 is 9.47 Å². The highest BCUT2D eigenvalue weighted by atomic mass is 79.9. The first-order valence-electron chi connectivity index (χ1n) is 5.87. The average molecular weight is 360 g/mol. The quantitative estimate of drug-likeness (QED) is 0.717. The summed E-state index contributed by atoms with van der Waals surface area (Å²) in [4.78, 5) is -0.264. The molecule has 0 spiro atoms. The number of hydrogen-bond acceptors (Lipinski definition) is 2. The lowest BCUT2D eigenvalue weighted by Crippen LogP contribution is -2.00. The molecule has 2 nitrogen and oxygen atoms in total. The number of benzene rings is 2. The first-order chi connectivity index (χ1) is 9.56. The van der Waals surface area contributed by atoms with Crippen molar-refractivity contribution in [2.75, 3.05) is 14.2 Å². The third-order valence-electron chi connectivity index (χ3n) is 2.93. The second-order valence-electron chi connectivity index (χ2n) is 4.14. The Morgan fingerprint density at radius 2 is 1.70 bits per heavy atom. The van der Waals surface area contributed by atoms with Gasteiger partial charge in [-0.05, 0) is 30.3 Å². The van der Waals surface area contributed by atoms with Gasteiger partial charge in [0.2, 0.25) is 0 Å². The van der Waals surface area contributed by atoms with Gasteiger partial charge in [-0.15, -0.1) is 0 Å². The van der Waals surface area contributed by atoms with Gasteiger partial charge in [0.05, 0.1) is 19.0 Å². The number of methoxy groups -OCH3 is 2. The fourth-order valence-electron chi connectivity index (χ4n) is 1.97. The van der Waals surface area contributed by atoms with E-state index in [0.29, 0.717) is 22.1 Å². The van der Waals surface area contributed by atoms with E-state index in [0.717, 1.165) is 5.56 Å². The number of alkyl halides is 1. The van der Waals surface area contributed by atoms with Gasteiger partial charge in [0, 0.05) is 16.1 Å². The van der Waals surface area contributed by atoms with Crippen molar-refractivity contribution in [3.05, 3.63) is 58.4 Å². The summed E-state index contributed by atoms with van der Waals surface area (Å²) in [5.74, 6) is 0.911. The van der Waals surface area contributed by atoms with Gasteiger partial charge in [0.25, 0.3) is 0 Å². The van der Waals surface area contributed by atoms with Crippen molar-refractivity contribution < 1.29 is 13.9 Å². The van der Waals surface area contributed by atoms with Gasteiger partial charge in [-0.25, -0.2) is 4.39 Å². The van der Waals surface area contributed by atoms with Crippen molar-refractivity contribution in [3.63, 3.8) is 0 Å². The number of halogens is 3. The standard InChI is InChI=1S/C15H13BrClFO2/c1-19-13-6-4-10(18)8-12(13)15(16)11-5-3-9(17)7-14(11)20-2/h3-8,15H,1-2H3. The van der Waals surface area contributed by atoms with E-state index in [-0.39, 0.29) is 10.6 Å². The predicted molar refractivity (Wildman–Crippen MR) is 81.7 cm³/mol. The lowest BCUT2D eigenvalue weighted by molar-refractivity contribution is 0.404. The molecule has 0 aromatic heterocycles. The van der Waals surface area contributed by atoms with Crippen LogP contribution in [0, 0.1) is 5.82 Å². The molecular formula is C15H13BrClFO2. The second-order valence-corrected chi connectivity index (χ2v) is 5.49. The van der Waals surface area contributed by atoms with Gasteiger partial charge in [-0.3, -0.25) is 0 Å². The molecule has 0 amide bonds. The zero-order valence-corrected chi connectivity index (χ0v) is 13.3. The van der Waals surface area contributed by atoms with Crippen LogP contribution in [0.15, 0.2) is 36.4 Å². The number of rotatable bonds is 4.